The Bertz CT molecular complexity index is 629. The molecule has 1 aromatic carbocycles. The fourth-order valence-corrected chi connectivity index (χ4v) is 2.59. The van der Waals surface area contributed by atoms with Gasteiger partial charge in [-0.3, -0.25) is 0 Å². The summed E-state index contributed by atoms with van der Waals surface area (Å²) in [5.41, 5.74) is 0.885. The third-order valence-electron chi connectivity index (χ3n) is 3.66. The van der Waals surface area contributed by atoms with Crippen molar-refractivity contribution in [3.8, 4) is 5.69 Å². The summed E-state index contributed by atoms with van der Waals surface area (Å²) >= 11 is 0. The standard InChI is InChI=1S/C14H18N6O2/c1-22-14(21)19-9-5-6-11(10-19)15-13-16-17-18-20(13)12-7-3-2-4-8-12/h2-4,7-8,11H,5-6,9-10H2,1H3,(H,15,16,18). The van der Waals surface area contributed by atoms with Crippen LogP contribution in [-0.4, -0.2) is 57.4 Å². The van der Waals surface area contributed by atoms with Crippen molar-refractivity contribution in [3.05, 3.63) is 30.3 Å². The number of likely N-dealkylation sites (tertiary alicyclic amines) is 1. The van der Waals surface area contributed by atoms with Gasteiger partial charge in [0.1, 0.15) is 0 Å². The zero-order valence-corrected chi connectivity index (χ0v) is 12.3. The molecule has 1 atom stereocenters. The maximum Gasteiger partial charge on any atom is 0.409 e. The van der Waals surface area contributed by atoms with Gasteiger partial charge in [0.2, 0.25) is 5.95 Å². The number of tetrazole rings is 1. The highest BCUT2D eigenvalue weighted by Crippen LogP contribution is 2.17. The fraction of sp³-hybridized carbons (Fsp3) is 0.429. The molecule has 2 aromatic rings. The van der Waals surface area contributed by atoms with Crippen LogP contribution in [0.25, 0.3) is 5.69 Å². The van der Waals surface area contributed by atoms with Gasteiger partial charge in [0.25, 0.3) is 0 Å². The predicted octanol–water partition coefficient (Wildman–Crippen LogP) is 1.30. The van der Waals surface area contributed by atoms with Crippen LogP contribution in [0.1, 0.15) is 12.8 Å². The summed E-state index contributed by atoms with van der Waals surface area (Å²) < 4.78 is 6.43. The SMILES string of the molecule is COC(=O)N1CCCC(Nc2nnnn2-c2ccccc2)C1. The van der Waals surface area contributed by atoms with Crippen LogP contribution in [0.15, 0.2) is 30.3 Å². The summed E-state index contributed by atoms with van der Waals surface area (Å²) in [6.45, 7) is 1.29. The van der Waals surface area contributed by atoms with Crippen LogP contribution < -0.4 is 5.32 Å². The molecular weight excluding hydrogens is 284 g/mol. The Hall–Kier alpha value is -2.64. The Morgan fingerprint density at radius 2 is 2.18 bits per heavy atom. The topological polar surface area (TPSA) is 85.2 Å². The molecule has 0 aliphatic carbocycles. The summed E-state index contributed by atoms with van der Waals surface area (Å²) in [6, 6.07) is 9.77. The average molecular weight is 302 g/mol. The molecule has 0 radical (unpaired) electrons. The molecule has 1 unspecified atom stereocenters. The number of hydrogen-bond donors (Lipinski definition) is 1. The molecule has 1 amide bonds. The number of hydrogen-bond acceptors (Lipinski definition) is 6. The molecule has 22 heavy (non-hydrogen) atoms. The van der Waals surface area contributed by atoms with Crippen LogP contribution >= 0.6 is 0 Å². The zero-order chi connectivity index (χ0) is 15.4. The van der Waals surface area contributed by atoms with E-state index in [9.17, 15) is 4.79 Å². The maximum atomic E-state index is 11.6. The molecule has 3 rings (SSSR count). The van der Waals surface area contributed by atoms with Crippen molar-refractivity contribution >= 4 is 12.0 Å². The second-order valence-corrected chi connectivity index (χ2v) is 5.15. The fourth-order valence-electron chi connectivity index (χ4n) is 2.59. The monoisotopic (exact) mass is 302 g/mol. The highest BCUT2D eigenvalue weighted by Gasteiger charge is 2.25. The van der Waals surface area contributed by atoms with Gasteiger partial charge < -0.3 is 15.0 Å². The van der Waals surface area contributed by atoms with Crippen LogP contribution in [0, 0.1) is 0 Å². The van der Waals surface area contributed by atoms with Gasteiger partial charge in [0.05, 0.1) is 12.8 Å². The lowest BCUT2D eigenvalue weighted by atomic mass is 10.1. The van der Waals surface area contributed by atoms with Gasteiger partial charge in [0, 0.05) is 19.1 Å². The van der Waals surface area contributed by atoms with Crippen molar-refractivity contribution in [1.29, 1.82) is 0 Å². The van der Waals surface area contributed by atoms with Crippen molar-refractivity contribution < 1.29 is 9.53 Å². The number of carbonyl (C=O) groups excluding carboxylic acids is 1. The van der Waals surface area contributed by atoms with Crippen molar-refractivity contribution in [2.45, 2.75) is 18.9 Å². The van der Waals surface area contributed by atoms with Crippen LogP contribution in [0.3, 0.4) is 0 Å². The quantitative estimate of drug-likeness (QED) is 0.920. The van der Waals surface area contributed by atoms with E-state index in [0.29, 0.717) is 19.0 Å². The van der Waals surface area contributed by atoms with E-state index >= 15 is 0 Å². The van der Waals surface area contributed by atoms with Crippen molar-refractivity contribution in [2.24, 2.45) is 0 Å². The van der Waals surface area contributed by atoms with Crippen molar-refractivity contribution in [3.63, 3.8) is 0 Å². The van der Waals surface area contributed by atoms with Crippen LogP contribution in [0.4, 0.5) is 10.7 Å². The molecule has 1 fully saturated rings. The summed E-state index contributed by atoms with van der Waals surface area (Å²) in [5, 5.41) is 15.1. The van der Waals surface area contributed by atoms with E-state index in [4.69, 9.17) is 4.74 Å². The number of para-hydroxylation sites is 1. The highest BCUT2D eigenvalue weighted by molar-refractivity contribution is 5.67. The molecule has 2 heterocycles. The normalized spacial score (nSPS) is 18.0. The largest absolute Gasteiger partial charge is 0.453 e. The summed E-state index contributed by atoms with van der Waals surface area (Å²) in [7, 11) is 1.40. The van der Waals surface area contributed by atoms with Crippen molar-refractivity contribution in [2.75, 3.05) is 25.5 Å². The number of rotatable bonds is 3. The first-order chi connectivity index (χ1) is 10.8. The lowest BCUT2D eigenvalue weighted by Gasteiger charge is -2.32. The second-order valence-electron chi connectivity index (χ2n) is 5.15. The third-order valence-corrected chi connectivity index (χ3v) is 3.66. The van der Waals surface area contributed by atoms with Crippen LogP contribution in [-0.2, 0) is 4.74 Å². The van der Waals surface area contributed by atoms with Gasteiger partial charge in [-0.2, -0.15) is 4.68 Å². The van der Waals surface area contributed by atoms with E-state index in [0.717, 1.165) is 18.5 Å². The Kier molecular flexibility index (Phi) is 4.17. The molecule has 1 aromatic heterocycles. The number of aromatic nitrogens is 4. The Labute approximate surface area is 128 Å². The number of piperidine rings is 1. The first-order valence-corrected chi connectivity index (χ1v) is 7.21. The molecule has 1 aliphatic heterocycles. The highest BCUT2D eigenvalue weighted by atomic mass is 16.5. The van der Waals surface area contributed by atoms with E-state index in [1.807, 2.05) is 30.3 Å². The number of anilines is 1. The van der Waals surface area contributed by atoms with E-state index < -0.39 is 0 Å². The Morgan fingerprint density at radius 1 is 1.36 bits per heavy atom. The van der Waals surface area contributed by atoms with E-state index in [1.54, 1.807) is 9.58 Å². The van der Waals surface area contributed by atoms with E-state index in [1.165, 1.54) is 7.11 Å². The minimum Gasteiger partial charge on any atom is -0.453 e. The van der Waals surface area contributed by atoms with Crippen LogP contribution in [0.2, 0.25) is 0 Å². The lowest BCUT2D eigenvalue weighted by Crippen LogP contribution is -2.45. The second kappa shape index (κ2) is 6.42. The van der Waals surface area contributed by atoms with Crippen molar-refractivity contribution in [1.82, 2.24) is 25.1 Å². The Morgan fingerprint density at radius 3 is 2.95 bits per heavy atom. The average Bonchev–Trinajstić information content (AvgIpc) is 3.03. The number of carbonyl (C=O) groups is 1. The van der Waals surface area contributed by atoms with Gasteiger partial charge in [0.15, 0.2) is 0 Å². The minimum atomic E-state index is -0.297. The lowest BCUT2D eigenvalue weighted by molar-refractivity contribution is 0.113. The number of nitrogens with one attached hydrogen (secondary N) is 1. The molecule has 8 heteroatoms. The number of amides is 1. The van der Waals surface area contributed by atoms with E-state index in [2.05, 4.69) is 20.8 Å². The molecular formula is C14H18N6O2. The zero-order valence-electron chi connectivity index (χ0n) is 12.3. The van der Waals surface area contributed by atoms with Gasteiger partial charge in [-0.1, -0.05) is 23.3 Å². The number of nitrogens with zero attached hydrogens (tertiary/aromatic N) is 5. The summed E-state index contributed by atoms with van der Waals surface area (Å²) in [6.07, 6.45) is 1.57. The molecule has 1 N–H and O–H groups in total. The van der Waals surface area contributed by atoms with Gasteiger partial charge in [-0.15, -0.1) is 0 Å². The molecule has 1 saturated heterocycles. The number of benzene rings is 1. The molecule has 116 valence electrons. The first-order valence-electron chi connectivity index (χ1n) is 7.21. The molecule has 0 saturated carbocycles. The molecule has 0 spiro atoms. The predicted molar refractivity (Wildman–Crippen MR) is 79.8 cm³/mol. The first kappa shape index (κ1) is 14.3. The van der Waals surface area contributed by atoms with Gasteiger partial charge >= 0.3 is 6.09 Å². The van der Waals surface area contributed by atoms with E-state index in [-0.39, 0.29) is 12.1 Å². The molecule has 8 nitrogen and oxygen atoms in total. The summed E-state index contributed by atoms with van der Waals surface area (Å²) in [5.74, 6) is 0.572. The number of methoxy groups -OCH3 is 1. The summed E-state index contributed by atoms with van der Waals surface area (Å²) in [4.78, 5) is 13.3. The third kappa shape index (κ3) is 3.00. The smallest absolute Gasteiger partial charge is 0.409 e. The number of ether oxygens (including phenoxy) is 1. The Balaban J connectivity index is 1.72. The van der Waals surface area contributed by atoms with Gasteiger partial charge in [-0.25, -0.2) is 4.79 Å². The van der Waals surface area contributed by atoms with Crippen LogP contribution in [0.5, 0.6) is 0 Å². The van der Waals surface area contributed by atoms with Gasteiger partial charge in [-0.05, 0) is 35.4 Å². The molecule has 1 aliphatic rings. The maximum absolute atomic E-state index is 11.6. The minimum absolute atomic E-state index is 0.0984. The molecule has 0 bridgehead atoms.